The van der Waals surface area contributed by atoms with Gasteiger partial charge in [0.25, 0.3) is 0 Å². The number of carbonyl (C=O) groups is 1. The maximum Gasteiger partial charge on any atom is 0.139 e. The highest BCUT2D eigenvalue weighted by molar-refractivity contribution is 5.87. The molecule has 0 aromatic carbocycles. The summed E-state index contributed by atoms with van der Waals surface area (Å²) in [5, 5.41) is 0. The molecule has 1 fully saturated rings. The number of ketones is 1. The molecular formula is C18H32O. The molecule has 1 heteroatoms. The average Bonchev–Trinajstić information content (AvgIpc) is 2.68. The molecule has 0 aromatic heterocycles. The maximum atomic E-state index is 11.7. The lowest BCUT2D eigenvalue weighted by Crippen LogP contribution is -2.15. The zero-order valence-electron chi connectivity index (χ0n) is 13.9. The van der Waals surface area contributed by atoms with E-state index in [1.807, 2.05) is 60.6 Å². The number of Topliss-reactive ketones (excluding diaryl/α,β-unsaturated/α-hetero) is 1. The van der Waals surface area contributed by atoms with Gasteiger partial charge in [-0.2, -0.15) is 0 Å². The van der Waals surface area contributed by atoms with Crippen molar-refractivity contribution in [2.75, 3.05) is 0 Å². The molecule has 0 saturated heterocycles. The van der Waals surface area contributed by atoms with Crippen LogP contribution < -0.4 is 0 Å². The van der Waals surface area contributed by atoms with E-state index in [0.29, 0.717) is 18.1 Å². The Morgan fingerprint density at radius 3 is 2.11 bits per heavy atom. The first-order valence-corrected chi connectivity index (χ1v) is 7.50. The number of carbonyl (C=O) groups excluding carboxylic acids is 1. The number of hydrogen-bond donors (Lipinski definition) is 0. The van der Waals surface area contributed by atoms with Gasteiger partial charge in [0.2, 0.25) is 0 Å². The standard InChI is InChI=1S/C14H20O.2C2H6/c1-5-7-11(8-6-2)12-9-13(15)14(3,4)10-12;2*1-2/h5-8,12H,1,9-10H2,2-4H3;2*1-2H3/b8-6-,11-7+;;. The largest absolute Gasteiger partial charge is 0.299 e. The second kappa shape index (κ2) is 10.8. The summed E-state index contributed by atoms with van der Waals surface area (Å²) in [5.74, 6) is 0.758. The third-order valence-electron chi connectivity index (χ3n) is 3.08. The highest BCUT2D eigenvalue weighted by atomic mass is 16.1. The first-order valence-electron chi connectivity index (χ1n) is 7.50. The monoisotopic (exact) mass is 264 g/mol. The number of allylic oxidation sites excluding steroid dienone is 5. The van der Waals surface area contributed by atoms with Crippen LogP contribution in [0.5, 0.6) is 0 Å². The van der Waals surface area contributed by atoms with Crippen LogP contribution in [-0.2, 0) is 4.79 Å². The predicted octanol–water partition coefficient (Wildman–Crippen LogP) is 5.73. The third-order valence-corrected chi connectivity index (χ3v) is 3.08. The lowest BCUT2D eigenvalue weighted by molar-refractivity contribution is -0.124. The van der Waals surface area contributed by atoms with Gasteiger partial charge in [-0.1, -0.05) is 72.4 Å². The summed E-state index contributed by atoms with van der Waals surface area (Å²) >= 11 is 0. The normalized spacial score (nSPS) is 21.3. The second-order valence-corrected chi connectivity index (χ2v) is 4.81. The van der Waals surface area contributed by atoms with E-state index in [2.05, 4.69) is 12.7 Å². The van der Waals surface area contributed by atoms with Crippen LogP contribution in [0.2, 0.25) is 0 Å². The maximum absolute atomic E-state index is 11.7. The van der Waals surface area contributed by atoms with Crippen molar-refractivity contribution >= 4 is 5.78 Å². The highest BCUT2D eigenvalue weighted by Gasteiger charge is 2.39. The van der Waals surface area contributed by atoms with Gasteiger partial charge in [0, 0.05) is 11.8 Å². The summed E-state index contributed by atoms with van der Waals surface area (Å²) in [6.45, 7) is 17.8. The van der Waals surface area contributed by atoms with Crippen LogP contribution in [0.1, 0.15) is 61.3 Å². The van der Waals surface area contributed by atoms with Crippen molar-refractivity contribution in [1.29, 1.82) is 0 Å². The van der Waals surface area contributed by atoms with Gasteiger partial charge in [-0.15, -0.1) is 0 Å². The van der Waals surface area contributed by atoms with Gasteiger partial charge < -0.3 is 0 Å². The molecule has 0 spiro atoms. The zero-order chi connectivity index (χ0) is 15.5. The Bertz CT molecular complexity index is 319. The van der Waals surface area contributed by atoms with Crippen LogP contribution in [0.25, 0.3) is 0 Å². The van der Waals surface area contributed by atoms with E-state index in [1.165, 1.54) is 5.57 Å². The van der Waals surface area contributed by atoms with Crippen LogP contribution >= 0.6 is 0 Å². The lowest BCUT2D eigenvalue weighted by atomic mass is 9.87. The first-order chi connectivity index (χ1) is 9.01. The summed E-state index contributed by atoms with van der Waals surface area (Å²) in [6.07, 6.45) is 9.55. The van der Waals surface area contributed by atoms with Gasteiger partial charge in [-0.3, -0.25) is 4.79 Å². The fourth-order valence-corrected chi connectivity index (χ4v) is 2.19. The minimum Gasteiger partial charge on any atom is -0.299 e. The second-order valence-electron chi connectivity index (χ2n) is 4.81. The Balaban J connectivity index is 0. The summed E-state index contributed by atoms with van der Waals surface area (Å²) in [4.78, 5) is 11.7. The van der Waals surface area contributed by atoms with Gasteiger partial charge in [-0.25, -0.2) is 0 Å². The fourth-order valence-electron chi connectivity index (χ4n) is 2.19. The van der Waals surface area contributed by atoms with Crippen molar-refractivity contribution in [3.63, 3.8) is 0 Å². The zero-order valence-corrected chi connectivity index (χ0v) is 13.9. The van der Waals surface area contributed by atoms with E-state index in [9.17, 15) is 4.79 Å². The van der Waals surface area contributed by atoms with Crippen LogP contribution in [0.15, 0.2) is 36.5 Å². The van der Waals surface area contributed by atoms with Crippen molar-refractivity contribution < 1.29 is 4.79 Å². The molecule has 0 amide bonds. The van der Waals surface area contributed by atoms with Crippen molar-refractivity contribution in [1.82, 2.24) is 0 Å². The van der Waals surface area contributed by atoms with Gasteiger partial charge in [0.1, 0.15) is 5.78 Å². The molecular weight excluding hydrogens is 232 g/mol. The van der Waals surface area contributed by atoms with Gasteiger partial charge in [0.15, 0.2) is 0 Å². The van der Waals surface area contributed by atoms with E-state index in [0.717, 1.165) is 6.42 Å². The molecule has 0 radical (unpaired) electrons. The Morgan fingerprint density at radius 1 is 1.26 bits per heavy atom. The molecule has 0 aromatic rings. The average molecular weight is 264 g/mol. The number of hydrogen-bond acceptors (Lipinski definition) is 1. The quantitative estimate of drug-likeness (QED) is 0.595. The summed E-state index contributed by atoms with van der Waals surface area (Å²) in [7, 11) is 0. The molecule has 1 atom stereocenters. The molecule has 0 bridgehead atoms. The molecule has 0 N–H and O–H groups in total. The smallest absolute Gasteiger partial charge is 0.139 e. The van der Waals surface area contributed by atoms with E-state index in [-0.39, 0.29) is 5.41 Å². The molecule has 1 unspecified atom stereocenters. The molecule has 1 rings (SSSR count). The topological polar surface area (TPSA) is 17.1 Å². The Kier molecular flexibility index (Phi) is 11.5. The third kappa shape index (κ3) is 6.56. The SMILES string of the molecule is C=C/C=C(\C=C/C)C1CC(=O)C(C)(C)C1.CC.CC. The Labute approximate surface area is 120 Å². The first kappa shape index (κ1) is 20.2. The van der Waals surface area contributed by atoms with Crippen molar-refractivity contribution in [3.05, 3.63) is 36.5 Å². The predicted molar refractivity (Wildman–Crippen MR) is 87.3 cm³/mol. The van der Waals surface area contributed by atoms with E-state index < -0.39 is 0 Å². The summed E-state index contributed by atoms with van der Waals surface area (Å²) < 4.78 is 0. The fraction of sp³-hybridized carbons (Fsp3) is 0.611. The van der Waals surface area contributed by atoms with Crippen molar-refractivity contribution in [2.45, 2.75) is 61.3 Å². The molecule has 110 valence electrons. The van der Waals surface area contributed by atoms with E-state index in [1.54, 1.807) is 6.08 Å². The molecule has 0 heterocycles. The Hall–Kier alpha value is -1.11. The van der Waals surface area contributed by atoms with Crippen molar-refractivity contribution in [3.8, 4) is 0 Å². The van der Waals surface area contributed by atoms with Crippen LogP contribution in [0.3, 0.4) is 0 Å². The molecule has 0 aliphatic heterocycles. The van der Waals surface area contributed by atoms with Gasteiger partial charge in [-0.05, 0) is 24.8 Å². The summed E-state index contributed by atoms with van der Waals surface area (Å²) in [5.41, 5.74) is 1.08. The van der Waals surface area contributed by atoms with E-state index >= 15 is 0 Å². The van der Waals surface area contributed by atoms with Crippen LogP contribution in [0, 0.1) is 11.3 Å². The van der Waals surface area contributed by atoms with Gasteiger partial charge in [0.05, 0.1) is 0 Å². The van der Waals surface area contributed by atoms with Crippen LogP contribution in [0.4, 0.5) is 0 Å². The van der Waals surface area contributed by atoms with Gasteiger partial charge >= 0.3 is 0 Å². The molecule has 19 heavy (non-hydrogen) atoms. The minimum absolute atomic E-state index is 0.146. The highest BCUT2D eigenvalue weighted by Crippen LogP contribution is 2.41. The van der Waals surface area contributed by atoms with E-state index in [4.69, 9.17) is 0 Å². The molecule has 1 aliphatic carbocycles. The number of rotatable bonds is 3. The minimum atomic E-state index is -0.146. The summed E-state index contributed by atoms with van der Waals surface area (Å²) in [6, 6.07) is 0. The molecule has 1 nitrogen and oxygen atoms in total. The molecule has 1 saturated carbocycles. The molecule has 1 aliphatic rings. The van der Waals surface area contributed by atoms with Crippen molar-refractivity contribution in [2.24, 2.45) is 11.3 Å². The van der Waals surface area contributed by atoms with Crippen LogP contribution in [-0.4, -0.2) is 5.78 Å². The Morgan fingerprint density at radius 2 is 1.79 bits per heavy atom. The lowest BCUT2D eigenvalue weighted by Gasteiger charge is -2.15.